The lowest BCUT2D eigenvalue weighted by atomic mass is 9.98. The predicted octanol–water partition coefficient (Wildman–Crippen LogP) is -2.26. The molecule has 0 unspecified atom stereocenters. The average Bonchev–Trinajstić information content (AvgIpc) is 2.75. The SMILES string of the molecule is OC[C@H]1O[C@@H](c2nn[nH]n2)C[C@@H](O)[C@H]1O. The van der Waals surface area contributed by atoms with Gasteiger partial charge in [-0.05, 0) is 0 Å². The van der Waals surface area contributed by atoms with Crippen molar-refractivity contribution in [1.82, 2.24) is 20.6 Å². The van der Waals surface area contributed by atoms with Crippen LogP contribution in [0.4, 0.5) is 0 Å². The van der Waals surface area contributed by atoms with Crippen LogP contribution in [-0.2, 0) is 4.74 Å². The van der Waals surface area contributed by atoms with Crippen molar-refractivity contribution in [1.29, 1.82) is 0 Å². The van der Waals surface area contributed by atoms with Crippen LogP contribution < -0.4 is 0 Å². The van der Waals surface area contributed by atoms with Gasteiger partial charge in [0.2, 0.25) is 5.82 Å². The lowest BCUT2D eigenvalue weighted by Crippen LogP contribution is -2.47. The summed E-state index contributed by atoms with van der Waals surface area (Å²) in [6, 6.07) is 0. The Bertz CT molecular complexity index is 306. The van der Waals surface area contributed by atoms with Gasteiger partial charge in [0, 0.05) is 6.42 Å². The number of hydrogen-bond acceptors (Lipinski definition) is 7. The summed E-state index contributed by atoms with van der Waals surface area (Å²) >= 11 is 0. The number of aliphatic hydroxyl groups is 3. The lowest BCUT2D eigenvalue weighted by molar-refractivity contribution is -0.183. The minimum atomic E-state index is -1.09. The standard InChI is InChI=1S/C7H12N4O4/c12-2-5-6(14)3(13)1-4(15-5)7-8-10-11-9-7/h3-6,12-14H,1-2H2,(H,8,9,10,11)/t3-,4-,5-,6-/m1/s1. The van der Waals surface area contributed by atoms with E-state index in [0.717, 1.165) is 0 Å². The van der Waals surface area contributed by atoms with E-state index in [1.165, 1.54) is 0 Å². The second kappa shape index (κ2) is 4.19. The Morgan fingerprint density at radius 3 is 2.87 bits per heavy atom. The van der Waals surface area contributed by atoms with Crippen molar-refractivity contribution in [3.63, 3.8) is 0 Å². The number of rotatable bonds is 2. The van der Waals surface area contributed by atoms with Gasteiger partial charge in [0.15, 0.2) is 0 Å². The number of aromatic nitrogens is 4. The van der Waals surface area contributed by atoms with Gasteiger partial charge in [0.1, 0.15) is 18.3 Å². The minimum Gasteiger partial charge on any atom is -0.394 e. The fourth-order valence-corrected chi connectivity index (χ4v) is 1.58. The zero-order valence-corrected chi connectivity index (χ0v) is 7.82. The molecule has 2 heterocycles. The molecule has 0 aliphatic carbocycles. The molecule has 0 amide bonds. The molecule has 4 atom stereocenters. The third-order valence-corrected chi connectivity index (χ3v) is 2.40. The summed E-state index contributed by atoms with van der Waals surface area (Å²) in [5.74, 6) is 0.305. The van der Waals surface area contributed by atoms with Crippen molar-refractivity contribution in [2.24, 2.45) is 0 Å². The van der Waals surface area contributed by atoms with Crippen molar-refractivity contribution < 1.29 is 20.1 Å². The quantitative estimate of drug-likeness (QED) is 0.440. The largest absolute Gasteiger partial charge is 0.394 e. The van der Waals surface area contributed by atoms with Gasteiger partial charge in [0.05, 0.1) is 12.7 Å². The zero-order valence-electron chi connectivity index (χ0n) is 7.82. The Hall–Kier alpha value is -1.09. The molecule has 8 heteroatoms. The number of nitrogens with zero attached hydrogens (tertiary/aromatic N) is 3. The first kappa shape index (κ1) is 10.4. The van der Waals surface area contributed by atoms with E-state index in [1.54, 1.807) is 0 Å². The highest BCUT2D eigenvalue weighted by Crippen LogP contribution is 2.29. The van der Waals surface area contributed by atoms with Crippen LogP contribution in [0.15, 0.2) is 0 Å². The number of nitrogens with one attached hydrogen (secondary N) is 1. The van der Waals surface area contributed by atoms with Crippen LogP contribution in [0.5, 0.6) is 0 Å². The highest BCUT2D eigenvalue weighted by molar-refractivity contribution is 4.93. The minimum absolute atomic E-state index is 0.178. The monoisotopic (exact) mass is 216 g/mol. The first-order chi connectivity index (χ1) is 7.22. The van der Waals surface area contributed by atoms with Crippen LogP contribution in [0.25, 0.3) is 0 Å². The Labute approximate surface area is 84.9 Å². The summed E-state index contributed by atoms with van der Waals surface area (Å²) in [6.07, 6.45) is -3.24. The van der Waals surface area contributed by atoms with Crippen molar-refractivity contribution in [2.45, 2.75) is 30.8 Å². The topological polar surface area (TPSA) is 124 Å². The summed E-state index contributed by atoms with van der Waals surface area (Å²) in [4.78, 5) is 0. The normalized spacial score (nSPS) is 36.7. The van der Waals surface area contributed by atoms with Gasteiger partial charge in [-0.25, -0.2) is 0 Å². The second-order valence-electron chi connectivity index (χ2n) is 3.41. The average molecular weight is 216 g/mol. The van der Waals surface area contributed by atoms with Crippen molar-refractivity contribution in [3.05, 3.63) is 5.82 Å². The summed E-state index contributed by atoms with van der Waals surface area (Å²) in [5, 5.41) is 41.0. The third-order valence-electron chi connectivity index (χ3n) is 2.40. The van der Waals surface area contributed by atoms with Gasteiger partial charge in [-0.1, -0.05) is 5.21 Å². The molecule has 15 heavy (non-hydrogen) atoms. The molecule has 1 aliphatic rings. The molecule has 0 bridgehead atoms. The van der Waals surface area contributed by atoms with E-state index in [1.807, 2.05) is 0 Å². The Morgan fingerprint density at radius 1 is 1.47 bits per heavy atom. The van der Waals surface area contributed by atoms with Crippen molar-refractivity contribution in [2.75, 3.05) is 6.61 Å². The van der Waals surface area contributed by atoms with Crippen LogP contribution in [0.1, 0.15) is 18.3 Å². The van der Waals surface area contributed by atoms with E-state index >= 15 is 0 Å². The van der Waals surface area contributed by atoms with Gasteiger partial charge in [-0.3, -0.25) is 0 Å². The molecule has 8 nitrogen and oxygen atoms in total. The summed E-state index contributed by atoms with van der Waals surface area (Å²) in [5.41, 5.74) is 0. The number of aromatic amines is 1. The van der Waals surface area contributed by atoms with Crippen LogP contribution in [0, 0.1) is 0 Å². The van der Waals surface area contributed by atoms with Gasteiger partial charge >= 0.3 is 0 Å². The van der Waals surface area contributed by atoms with Gasteiger partial charge in [-0.15, -0.1) is 10.2 Å². The molecule has 0 aromatic carbocycles. The third kappa shape index (κ3) is 1.97. The molecule has 0 spiro atoms. The van der Waals surface area contributed by atoms with E-state index in [2.05, 4.69) is 20.6 Å². The fourth-order valence-electron chi connectivity index (χ4n) is 1.58. The van der Waals surface area contributed by atoms with Crippen LogP contribution in [-0.4, -0.2) is 60.9 Å². The molecule has 2 rings (SSSR count). The highest BCUT2D eigenvalue weighted by Gasteiger charge is 2.38. The molecule has 1 aromatic rings. The van der Waals surface area contributed by atoms with Gasteiger partial charge in [-0.2, -0.15) is 5.21 Å². The Balaban J connectivity index is 2.10. The second-order valence-corrected chi connectivity index (χ2v) is 3.41. The van der Waals surface area contributed by atoms with E-state index < -0.39 is 24.4 Å². The molecule has 1 aromatic heterocycles. The molecular weight excluding hydrogens is 204 g/mol. The first-order valence-corrected chi connectivity index (χ1v) is 4.58. The Kier molecular flexibility index (Phi) is 2.91. The maximum Gasteiger partial charge on any atom is 0.203 e. The van der Waals surface area contributed by atoms with Gasteiger partial charge < -0.3 is 20.1 Å². The van der Waals surface area contributed by atoms with Crippen molar-refractivity contribution in [3.8, 4) is 0 Å². The number of H-pyrrole nitrogens is 1. The molecule has 84 valence electrons. The lowest BCUT2D eigenvalue weighted by Gasteiger charge is -2.34. The molecule has 0 saturated carbocycles. The van der Waals surface area contributed by atoms with E-state index in [9.17, 15) is 10.2 Å². The smallest absolute Gasteiger partial charge is 0.203 e. The fraction of sp³-hybridized carbons (Fsp3) is 0.857. The van der Waals surface area contributed by atoms with E-state index in [4.69, 9.17) is 9.84 Å². The highest BCUT2D eigenvalue weighted by atomic mass is 16.5. The summed E-state index contributed by atoms with van der Waals surface area (Å²) in [7, 11) is 0. The van der Waals surface area contributed by atoms with Gasteiger partial charge in [0.25, 0.3) is 0 Å². The summed E-state index contributed by atoms with van der Waals surface area (Å²) in [6.45, 7) is -0.368. The molecular formula is C7H12N4O4. The van der Waals surface area contributed by atoms with Crippen LogP contribution in [0.3, 0.4) is 0 Å². The van der Waals surface area contributed by atoms with E-state index in [-0.39, 0.29) is 13.0 Å². The zero-order chi connectivity index (χ0) is 10.8. The van der Waals surface area contributed by atoms with Crippen molar-refractivity contribution >= 4 is 0 Å². The van der Waals surface area contributed by atoms with Crippen LogP contribution >= 0.6 is 0 Å². The van der Waals surface area contributed by atoms with E-state index in [0.29, 0.717) is 5.82 Å². The summed E-state index contributed by atoms with van der Waals surface area (Å²) < 4.78 is 5.32. The molecule has 1 aliphatic heterocycles. The Morgan fingerprint density at radius 2 is 2.27 bits per heavy atom. The number of hydrogen-bond donors (Lipinski definition) is 4. The van der Waals surface area contributed by atoms with Crippen LogP contribution in [0.2, 0.25) is 0 Å². The molecule has 1 saturated heterocycles. The maximum absolute atomic E-state index is 9.52. The number of aliphatic hydroxyl groups excluding tert-OH is 3. The molecule has 0 radical (unpaired) electrons. The number of tetrazole rings is 1. The predicted molar refractivity (Wildman–Crippen MR) is 45.5 cm³/mol. The molecule has 1 fully saturated rings. The first-order valence-electron chi connectivity index (χ1n) is 4.58. The molecule has 4 N–H and O–H groups in total. The maximum atomic E-state index is 9.52. The number of ether oxygens (including phenoxy) is 1.